The van der Waals surface area contributed by atoms with Crippen molar-refractivity contribution >= 4 is 17.7 Å². The molecule has 1 amide bonds. The second kappa shape index (κ2) is 6.95. The first-order valence-corrected chi connectivity index (χ1v) is 7.60. The molecule has 112 valence electrons. The van der Waals surface area contributed by atoms with Gasteiger partial charge in [0.25, 0.3) is 11.1 Å². The van der Waals surface area contributed by atoms with Gasteiger partial charge < -0.3 is 14.2 Å². The van der Waals surface area contributed by atoms with E-state index in [9.17, 15) is 4.79 Å². The Balaban J connectivity index is 1.47. The SMILES string of the molecule is O=C(CSc1nnc(-c2ccco2)o1)NCc1ccccc1. The maximum Gasteiger partial charge on any atom is 0.284 e. The number of carbonyl (C=O) groups excluding carboxylic acids is 1. The Labute approximate surface area is 130 Å². The predicted molar refractivity (Wildman–Crippen MR) is 81.0 cm³/mol. The van der Waals surface area contributed by atoms with Crippen LogP contribution >= 0.6 is 11.8 Å². The maximum atomic E-state index is 11.8. The smallest absolute Gasteiger partial charge is 0.284 e. The highest BCUT2D eigenvalue weighted by molar-refractivity contribution is 7.99. The van der Waals surface area contributed by atoms with Crippen molar-refractivity contribution in [3.05, 3.63) is 54.3 Å². The fourth-order valence-corrected chi connectivity index (χ4v) is 2.34. The number of benzene rings is 1. The summed E-state index contributed by atoms with van der Waals surface area (Å²) in [6.45, 7) is 0.502. The van der Waals surface area contributed by atoms with Gasteiger partial charge in [-0.3, -0.25) is 4.79 Å². The van der Waals surface area contributed by atoms with Gasteiger partial charge in [0.05, 0.1) is 12.0 Å². The van der Waals surface area contributed by atoms with Crippen LogP contribution in [-0.2, 0) is 11.3 Å². The molecule has 0 aliphatic carbocycles. The summed E-state index contributed by atoms with van der Waals surface area (Å²) in [5.41, 5.74) is 1.05. The fourth-order valence-electron chi connectivity index (χ4n) is 1.74. The molecule has 0 spiro atoms. The molecule has 2 aromatic heterocycles. The maximum absolute atomic E-state index is 11.8. The number of aromatic nitrogens is 2. The molecule has 0 aliphatic heterocycles. The molecule has 7 heteroatoms. The molecule has 0 aliphatic rings. The molecule has 3 aromatic rings. The van der Waals surface area contributed by atoms with Gasteiger partial charge in [-0.05, 0) is 17.7 Å². The van der Waals surface area contributed by atoms with Crippen LogP contribution in [0.1, 0.15) is 5.56 Å². The number of amides is 1. The van der Waals surface area contributed by atoms with Crippen molar-refractivity contribution in [1.29, 1.82) is 0 Å². The van der Waals surface area contributed by atoms with E-state index in [1.165, 1.54) is 18.0 Å². The molecule has 0 atom stereocenters. The topological polar surface area (TPSA) is 81.2 Å². The van der Waals surface area contributed by atoms with Crippen molar-refractivity contribution in [3.8, 4) is 11.7 Å². The monoisotopic (exact) mass is 315 g/mol. The van der Waals surface area contributed by atoms with E-state index >= 15 is 0 Å². The summed E-state index contributed by atoms with van der Waals surface area (Å²) < 4.78 is 10.6. The zero-order valence-corrected chi connectivity index (χ0v) is 12.4. The van der Waals surface area contributed by atoms with Gasteiger partial charge in [-0.15, -0.1) is 10.2 Å². The van der Waals surface area contributed by atoms with E-state index in [-0.39, 0.29) is 11.7 Å². The summed E-state index contributed by atoms with van der Waals surface area (Å²) in [5.74, 6) is 0.934. The third kappa shape index (κ3) is 3.76. The highest BCUT2D eigenvalue weighted by atomic mass is 32.2. The Morgan fingerprint density at radius 3 is 2.77 bits per heavy atom. The van der Waals surface area contributed by atoms with Crippen LogP contribution in [0.2, 0.25) is 0 Å². The van der Waals surface area contributed by atoms with Gasteiger partial charge >= 0.3 is 0 Å². The van der Waals surface area contributed by atoms with E-state index in [1.54, 1.807) is 12.1 Å². The van der Waals surface area contributed by atoms with E-state index in [2.05, 4.69) is 15.5 Å². The third-order valence-corrected chi connectivity index (χ3v) is 3.62. The molecule has 0 bridgehead atoms. The van der Waals surface area contributed by atoms with Gasteiger partial charge in [0.15, 0.2) is 5.76 Å². The Kier molecular flexibility index (Phi) is 4.55. The van der Waals surface area contributed by atoms with Crippen LogP contribution in [0.25, 0.3) is 11.7 Å². The Morgan fingerprint density at radius 2 is 2.00 bits per heavy atom. The van der Waals surface area contributed by atoms with Crippen molar-refractivity contribution in [1.82, 2.24) is 15.5 Å². The Morgan fingerprint density at radius 1 is 1.14 bits per heavy atom. The third-order valence-electron chi connectivity index (χ3n) is 2.80. The largest absolute Gasteiger partial charge is 0.459 e. The van der Waals surface area contributed by atoms with Crippen LogP contribution < -0.4 is 5.32 Å². The predicted octanol–water partition coefficient (Wildman–Crippen LogP) is 2.74. The first-order chi connectivity index (χ1) is 10.8. The molecule has 0 radical (unpaired) electrons. The zero-order valence-electron chi connectivity index (χ0n) is 11.6. The second-order valence-electron chi connectivity index (χ2n) is 4.40. The van der Waals surface area contributed by atoms with E-state index in [1.807, 2.05) is 30.3 Å². The summed E-state index contributed by atoms with van der Waals surface area (Å²) in [6, 6.07) is 13.2. The lowest BCUT2D eigenvalue weighted by molar-refractivity contribution is -0.118. The number of carbonyl (C=O) groups is 1. The second-order valence-corrected chi connectivity index (χ2v) is 5.33. The van der Waals surface area contributed by atoms with Crippen LogP contribution in [0, 0.1) is 0 Å². The van der Waals surface area contributed by atoms with Crippen molar-refractivity contribution in [3.63, 3.8) is 0 Å². The lowest BCUT2D eigenvalue weighted by Gasteiger charge is -2.03. The number of hydrogen-bond acceptors (Lipinski definition) is 6. The standard InChI is InChI=1S/C15H13N3O3S/c19-13(16-9-11-5-2-1-3-6-11)10-22-15-18-17-14(21-15)12-7-4-8-20-12/h1-8H,9-10H2,(H,16,19). The lowest BCUT2D eigenvalue weighted by Crippen LogP contribution is -2.24. The van der Waals surface area contributed by atoms with Gasteiger partial charge in [-0.25, -0.2) is 0 Å². The van der Waals surface area contributed by atoms with Crippen LogP contribution in [-0.4, -0.2) is 21.9 Å². The number of rotatable bonds is 6. The Hall–Kier alpha value is -2.54. The molecule has 3 rings (SSSR count). The number of furan rings is 1. The minimum Gasteiger partial charge on any atom is -0.459 e. The number of hydrogen-bond donors (Lipinski definition) is 1. The average molecular weight is 315 g/mol. The summed E-state index contributed by atoms with van der Waals surface area (Å²) in [7, 11) is 0. The van der Waals surface area contributed by atoms with E-state index < -0.39 is 0 Å². The number of thioether (sulfide) groups is 1. The van der Waals surface area contributed by atoms with Gasteiger partial charge in [-0.2, -0.15) is 0 Å². The van der Waals surface area contributed by atoms with Crippen molar-refractivity contribution in [2.45, 2.75) is 11.8 Å². The lowest BCUT2D eigenvalue weighted by atomic mass is 10.2. The van der Waals surface area contributed by atoms with Crippen LogP contribution in [0.3, 0.4) is 0 Å². The zero-order chi connectivity index (χ0) is 15.2. The van der Waals surface area contributed by atoms with Gasteiger partial charge in [0.1, 0.15) is 0 Å². The van der Waals surface area contributed by atoms with E-state index in [0.717, 1.165) is 5.56 Å². The van der Waals surface area contributed by atoms with E-state index in [4.69, 9.17) is 8.83 Å². The van der Waals surface area contributed by atoms with Crippen molar-refractivity contribution in [2.75, 3.05) is 5.75 Å². The first-order valence-electron chi connectivity index (χ1n) is 6.62. The van der Waals surface area contributed by atoms with Crippen molar-refractivity contribution in [2.24, 2.45) is 0 Å². The highest BCUT2D eigenvalue weighted by Gasteiger charge is 2.12. The molecule has 0 unspecified atom stereocenters. The molecule has 0 saturated heterocycles. The van der Waals surface area contributed by atoms with Crippen molar-refractivity contribution < 1.29 is 13.6 Å². The van der Waals surface area contributed by atoms with Crippen LogP contribution in [0.5, 0.6) is 0 Å². The molecule has 0 saturated carbocycles. The van der Waals surface area contributed by atoms with Gasteiger partial charge in [-0.1, -0.05) is 42.1 Å². The minimum absolute atomic E-state index is 0.0911. The normalized spacial score (nSPS) is 10.5. The van der Waals surface area contributed by atoms with Gasteiger partial charge in [0, 0.05) is 6.54 Å². The summed E-state index contributed by atoms with van der Waals surface area (Å²) in [6.07, 6.45) is 1.53. The summed E-state index contributed by atoms with van der Waals surface area (Å²) in [4.78, 5) is 11.8. The first kappa shape index (κ1) is 14.4. The molecular formula is C15H13N3O3S. The molecule has 1 N–H and O–H groups in total. The summed E-state index contributed by atoms with van der Waals surface area (Å²) in [5, 5.41) is 10.9. The molecule has 1 aromatic carbocycles. The number of nitrogens with zero attached hydrogens (tertiary/aromatic N) is 2. The van der Waals surface area contributed by atoms with Crippen LogP contribution in [0.15, 0.2) is 62.8 Å². The quantitative estimate of drug-likeness (QED) is 0.704. The molecule has 0 fully saturated rings. The Bertz CT molecular complexity index is 726. The number of nitrogens with one attached hydrogen (secondary N) is 1. The molecule has 22 heavy (non-hydrogen) atoms. The van der Waals surface area contributed by atoms with Crippen LogP contribution in [0.4, 0.5) is 0 Å². The molecule has 6 nitrogen and oxygen atoms in total. The van der Waals surface area contributed by atoms with E-state index in [0.29, 0.717) is 23.4 Å². The van der Waals surface area contributed by atoms with Gasteiger partial charge in [0.2, 0.25) is 5.91 Å². The molecular weight excluding hydrogens is 302 g/mol. The minimum atomic E-state index is -0.0911. The summed E-state index contributed by atoms with van der Waals surface area (Å²) >= 11 is 1.19. The molecule has 2 heterocycles. The fraction of sp³-hybridized carbons (Fsp3) is 0.133. The average Bonchev–Trinajstić information content (AvgIpc) is 3.22. The highest BCUT2D eigenvalue weighted by Crippen LogP contribution is 2.23.